The summed E-state index contributed by atoms with van der Waals surface area (Å²) in [5.74, 6) is -1.30. The molecule has 2 atom stereocenters. The average Bonchev–Trinajstić information content (AvgIpc) is 2.83. The van der Waals surface area contributed by atoms with E-state index in [4.69, 9.17) is 14.2 Å². The van der Waals surface area contributed by atoms with E-state index in [-0.39, 0.29) is 28.7 Å². The van der Waals surface area contributed by atoms with Crippen molar-refractivity contribution in [3.05, 3.63) is 23.8 Å². The van der Waals surface area contributed by atoms with Crippen LogP contribution in [0.4, 0.5) is 0 Å². The molecule has 0 aliphatic carbocycles. The van der Waals surface area contributed by atoms with E-state index in [9.17, 15) is 18.0 Å². The number of carbonyl (C=O) groups excluding carboxylic acids is 2. The largest absolute Gasteiger partial charge is 0.495 e. The van der Waals surface area contributed by atoms with Gasteiger partial charge in [-0.1, -0.05) is 0 Å². The normalized spacial score (nSPS) is 20.8. The minimum Gasteiger partial charge on any atom is -0.495 e. The van der Waals surface area contributed by atoms with Crippen molar-refractivity contribution < 1.29 is 32.2 Å². The van der Waals surface area contributed by atoms with E-state index < -0.39 is 28.1 Å². The van der Waals surface area contributed by atoms with E-state index in [1.807, 2.05) is 0 Å². The van der Waals surface area contributed by atoms with Crippen molar-refractivity contribution in [2.24, 2.45) is 0 Å². The molecule has 0 bridgehead atoms. The van der Waals surface area contributed by atoms with Gasteiger partial charge in [0.2, 0.25) is 16.1 Å². The second-order valence-electron chi connectivity index (χ2n) is 5.53. The van der Waals surface area contributed by atoms with Crippen LogP contribution in [0.5, 0.6) is 5.75 Å². The number of carbonyl (C=O) groups is 2. The first-order valence-corrected chi connectivity index (χ1v) is 8.63. The molecule has 8 nitrogen and oxygen atoms in total. The summed E-state index contributed by atoms with van der Waals surface area (Å²) < 4.78 is 40.8. The number of sulfonamides is 1. The Bertz CT molecular complexity index is 757. The first-order chi connectivity index (χ1) is 11.2. The first-order valence-electron chi connectivity index (χ1n) is 7.19. The van der Waals surface area contributed by atoms with E-state index >= 15 is 0 Å². The van der Waals surface area contributed by atoms with Gasteiger partial charge in [0.05, 0.1) is 12.7 Å². The number of nitrogens with zero attached hydrogens (tertiary/aromatic N) is 1. The summed E-state index contributed by atoms with van der Waals surface area (Å²) in [7, 11) is 0.259. The Hall–Kier alpha value is -2.13. The Morgan fingerprint density at radius 2 is 2.00 bits per heavy atom. The predicted octanol–water partition coefficient (Wildman–Crippen LogP) is 0.806. The van der Waals surface area contributed by atoms with Crippen LogP contribution in [0.2, 0.25) is 0 Å². The van der Waals surface area contributed by atoms with Gasteiger partial charge in [0, 0.05) is 20.5 Å². The molecule has 0 radical (unpaired) electrons. The number of hydrogen-bond donors (Lipinski definition) is 0. The smallest absolute Gasteiger partial charge is 0.347 e. The fraction of sp³-hybridized carbons (Fsp3) is 0.467. The molecular weight excluding hydrogens is 338 g/mol. The van der Waals surface area contributed by atoms with Crippen LogP contribution >= 0.6 is 0 Å². The lowest BCUT2D eigenvalue weighted by Crippen LogP contribution is -2.24. The maximum Gasteiger partial charge on any atom is 0.347 e. The molecule has 0 aromatic heterocycles. The summed E-state index contributed by atoms with van der Waals surface area (Å²) in [6.45, 7) is 1.70. The molecule has 1 aromatic carbocycles. The van der Waals surface area contributed by atoms with Crippen molar-refractivity contribution in [3.8, 4) is 5.75 Å². The molecule has 2 rings (SSSR count). The molecule has 1 saturated heterocycles. The third kappa shape index (κ3) is 3.51. The van der Waals surface area contributed by atoms with Gasteiger partial charge in [-0.2, -0.15) is 0 Å². The number of cyclic esters (lactones) is 1. The zero-order valence-electron chi connectivity index (χ0n) is 13.8. The summed E-state index contributed by atoms with van der Waals surface area (Å²) >= 11 is 0. The molecule has 24 heavy (non-hydrogen) atoms. The van der Waals surface area contributed by atoms with Gasteiger partial charge in [0.25, 0.3) is 0 Å². The lowest BCUT2D eigenvalue weighted by atomic mass is 10.2. The number of benzene rings is 1. The van der Waals surface area contributed by atoms with Gasteiger partial charge in [0.1, 0.15) is 16.7 Å². The minimum atomic E-state index is -3.81. The van der Waals surface area contributed by atoms with Crippen molar-refractivity contribution in [1.82, 2.24) is 4.31 Å². The Balaban J connectivity index is 2.32. The van der Waals surface area contributed by atoms with Gasteiger partial charge in [-0.3, -0.25) is 0 Å². The number of esters is 2. The van der Waals surface area contributed by atoms with Crippen molar-refractivity contribution in [1.29, 1.82) is 0 Å². The van der Waals surface area contributed by atoms with Crippen LogP contribution in [0.3, 0.4) is 0 Å². The maximum absolute atomic E-state index is 12.3. The molecule has 1 aliphatic rings. The lowest BCUT2D eigenvalue weighted by molar-refractivity contribution is -0.147. The highest BCUT2D eigenvalue weighted by atomic mass is 32.2. The van der Waals surface area contributed by atoms with Crippen LogP contribution in [0.25, 0.3) is 0 Å². The quantitative estimate of drug-likeness (QED) is 0.719. The fourth-order valence-corrected chi connectivity index (χ4v) is 3.29. The summed E-state index contributed by atoms with van der Waals surface area (Å²) in [4.78, 5) is 23.6. The summed E-state index contributed by atoms with van der Waals surface area (Å²) in [6.07, 6.45) is -1.04. The zero-order chi connectivity index (χ0) is 18.1. The number of rotatable bonds is 5. The van der Waals surface area contributed by atoms with E-state index in [0.717, 1.165) is 4.31 Å². The third-order valence-corrected chi connectivity index (χ3v) is 5.37. The molecule has 1 aliphatic heterocycles. The molecule has 1 heterocycles. The molecule has 0 amide bonds. The molecule has 0 spiro atoms. The van der Waals surface area contributed by atoms with E-state index in [1.165, 1.54) is 39.4 Å². The SMILES string of the molecule is COc1ccc(C(=O)O[C@@H]2C[C@H](C)OC2=O)cc1S(=O)(=O)N(C)C. The van der Waals surface area contributed by atoms with Crippen molar-refractivity contribution >= 4 is 22.0 Å². The van der Waals surface area contributed by atoms with Crippen LogP contribution in [-0.4, -0.2) is 58.1 Å². The predicted molar refractivity (Wildman–Crippen MR) is 83.2 cm³/mol. The Labute approximate surface area is 140 Å². The highest BCUT2D eigenvalue weighted by Crippen LogP contribution is 2.28. The zero-order valence-corrected chi connectivity index (χ0v) is 14.6. The summed E-state index contributed by atoms with van der Waals surface area (Å²) in [6, 6.07) is 3.91. The molecule has 0 saturated carbocycles. The Morgan fingerprint density at radius 1 is 1.33 bits per heavy atom. The van der Waals surface area contributed by atoms with Gasteiger partial charge in [-0.05, 0) is 25.1 Å². The number of ether oxygens (including phenoxy) is 3. The molecule has 0 N–H and O–H groups in total. The van der Waals surface area contributed by atoms with Crippen LogP contribution < -0.4 is 4.74 Å². The van der Waals surface area contributed by atoms with Gasteiger partial charge in [-0.25, -0.2) is 22.3 Å². The standard InChI is InChI=1S/C15H19NO7S/c1-9-7-12(15(18)22-9)23-14(17)10-5-6-11(21-4)13(8-10)24(19,20)16(2)3/h5-6,8-9,12H,7H2,1-4H3/t9-,12+/m0/s1. The van der Waals surface area contributed by atoms with Crippen molar-refractivity contribution in [2.45, 2.75) is 30.4 Å². The van der Waals surface area contributed by atoms with E-state index in [1.54, 1.807) is 6.92 Å². The lowest BCUT2D eigenvalue weighted by Gasteiger charge is -2.15. The van der Waals surface area contributed by atoms with Gasteiger partial charge in [-0.15, -0.1) is 0 Å². The average molecular weight is 357 g/mol. The van der Waals surface area contributed by atoms with E-state index in [0.29, 0.717) is 0 Å². The molecular formula is C15H19NO7S. The molecule has 9 heteroatoms. The van der Waals surface area contributed by atoms with Crippen LogP contribution in [0, 0.1) is 0 Å². The van der Waals surface area contributed by atoms with Crippen LogP contribution in [-0.2, 0) is 24.3 Å². The Kier molecular flexibility index (Phi) is 5.14. The molecule has 0 unspecified atom stereocenters. The second kappa shape index (κ2) is 6.78. The van der Waals surface area contributed by atoms with Gasteiger partial charge in [0.15, 0.2) is 0 Å². The molecule has 132 valence electrons. The third-order valence-electron chi connectivity index (χ3n) is 3.53. The molecule has 1 aromatic rings. The van der Waals surface area contributed by atoms with Gasteiger partial charge >= 0.3 is 11.9 Å². The number of methoxy groups -OCH3 is 1. The second-order valence-corrected chi connectivity index (χ2v) is 7.65. The highest BCUT2D eigenvalue weighted by Gasteiger charge is 2.35. The fourth-order valence-electron chi connectivity index (χ4n) is 2.22. The summed E-state index contributed by atoms with van der Waals surface area (Å²) in [5.41, 5.74) is 0.00331. The highest BCUT2D eigenvalue weighted by molar-refractivity contribution is 7.89. The van der Waals surface area contributed by atoms with Gasteiger partial charge < -0.3 is 14.2 Å². The minimum absolute atomic E-state index is 0.00331. The Morgan fingerprint density at radius 3 is 2.50 bits per heavy atom. The molecule has 1 fully saturated rings. The number of hydrogen-bond acceptors (Lipinski definition) is 7. The maximum atomic E-state index is 12.3. The van der Waals surface area contributed by atoms with Crippen molar-refractivity contribution in [3.63, 3.8) is 0 Å². The van der Waals surface area contributed by atoms with Crippen LogP contribution in [0.15, 0.2) is 23.1 Å². The first kappa shape index (κ1) is 18.2. The van der Waals surface area contributed by atoms with Crippen molar-refractivity contribution in [2.75, 3.05) is 21.2 Å². The van der Waals surface area contributed by atoms with E-state index in [2.05, 4.69) is 0 Å². The summed E-state index contributed by atoms with van der Waals surface area (Å²) in [5, 5.41) is 0. The van der Waals surface area contributed by atoms with Crippen LogP contribution in [0.1, 0.15) is 23.7 Å². The topological polar surface area (TPSA) is 99.2 Å². The monoisotopic (exact) mass is 357 g/mol.